The highest BCUT2D eigenvalue weighted by molar-refractivity contribution is 6.01. The molecule has 5 rings (SSSR count). The zero-order valence-electron chi connectivity index (χ0n) is 19.2. The zero-order valence-corrected chi connectivity index (χ0v) is 19.2. The van der Waals surface area contributed by atoms with Gasteiger partial charge in [0.05, 0.1) is 38.4 Å². The van der Waals surface area contributed by atoms with Gasteiger partial charge in [0.15, 0.2) is 11.5 Å². The van der Waals surface area contributed by atoms with Crippen LogP contribution < -0.4 is 9.47 Å². The lowest BCUT2D eigenvalue weighted by Crippen LogP contribution is -2.52. The van der Waals surface area contributed by atoms with Gasteiger partial charge in [-0.05, 0) is 55.2 Å². The zero-order chi connectivity index (χ0) is 22.9. The van der Waals surface area contributed by atoms with Crippen LogP contribution in [0.1, 0.15) is 52.9 Å². The summed E-state index contributed by atoms with van der Waals surface area (Å²) in [6.45, 7) is 7.71. The third kappa shape index (κ3) is 3.74. The fourth-order valence-electron chi connectivity index (χ4n) is 5.32. The number of nitrogens with zero attached hydrogens (tertiary/aromatic N) is 2. The van der Waals surface area contributed by atoms with Gasteiger partial charge in [-0.1, -0.05) is 18.2 Å². The first-order valence-corrected chi connectivity index (χ1v) is 11.8. The summed E-state index contributed by atoms with van der Waals surface area (Å²) in [5, 5.41) is 0. The van der Waals surface area contributed by atoms with Gasteiger partial charge in [-0.15, -0.1) is 0 Å². The quantitative estimate of drug-likeness (QED) is 0.700. The Morgan fingerprint density at radius 2 is 1.70 bits per heavy atom. The lowest BCUT2D eigenvalue weighted by molar-refractivity contribution is -0.138. The summed E-state index contributed by atoms with van der Waals surface area (Å²) >= 11 is 0. The van der Waals surface area contributed by atoms with Crippen LogP contribution in [0.5, 0.6) is 11.5 Å². The van der Waals surface area contributed by atoms with Crippen molar-refractivity contribution in [3.05, 3.63) is 58.7 Å². The molecule has 2 aromatic rings. The topological polar surface area (TPSA) is 68.3 Å². The first-order chi connectivity index (χ1) is 16.1. The lowest BCUT2D eigenvalue weighted by Gasteiger charge is -2.46. The first-order valence-electron chi connectivity index (χ1n) is 11.8. The Bertz CT molecular complexity index is 1060. The highest BCUT2D eigenvalue weighted by Gasteiger charge is 2.47. The molecule has 0 unspecified atom stereocenters. The van der Waals surface area contributed by atoms with Crippen LogP contribution in [0, 0.1) is 0 Å². The number of fused-ring (bicyclic) bond motifs is 4. The van der Waals surface area contributed by atoms with Crippen molar-refractivity contribution in [2.45, 2.75) is 32.2 Å². The molecule has 1 saturated heterocycles. The molecule has 2 aromatic carbocycles. The summed E-state index contributed by atoms with van der Waals surface area (Å²) in [5.41, 5.74) is 3.51. The average Bonchev–Trinajstić information content (AvgIpc) is 2.85. The fourth-order valence-corrected chi connectivity index (χ4v) is 5.32. The van der Waals surface area contributed by atoms with E-state index < -0.39 is 5.92 Å². The van der Waals surface area contributed by atoms with E-state index in [1.807, 2.05) is 60.0 Å². The van der Waals surface area contributed by atoms with E-state index >= 15 is 0 Å². The summed E-state index contributed by atoms with van der Waals surface area (Å²) in [6, 6.07) is 11.2. The Kier molecular flexibility index (Phi) is 5.98. The number of rotatable bonds is 5. The molecular formula is C26H30N2O5. The third-order valence-electron chi connectivity index (χ3n) is 6.77. The van der Waals surface area contributed by atoms with Gasteiger partial charge in [0.2, 0.25) is 5.91 Å². The smallest absolute Gasteiger partial charge is 0.254 e. The molecule has 2 amide bonds. The Hall–Kier alpha value is -3.06. The summed E-state index contributed by atoms with van der Waals surface area (Å²) in [6.07, 6.45) is 0.713. The van der Waals surface area contributed by atoms with Crippen LogP contribution in [-0.4, -0.2) is 67.7 Å². The maximum Gasteiger partial charge on any atom is 0.254 e. The van der Waals surface area contributed by atoms with Crippen molar-refractivity contribution in [3.63, 3.8) is 0 Å². The van der Waals surface area contributed by atoms with Gasteiger partial charge >= 0.3 is 0 Å². The molecule has 174 valence electrons. The monoisotopic (exact) mass is 450 g/mol. The second-order valence-electron chi connectivity index (χ2n) is 8.56. The summed E-state index contributed by atoms with van der Waals surface area (Å²) in [5.74, 6) is 0.935. The average molecular weight is 451 g/mol. The predicted molar refractivity (Wildman–Crippen MR) is 123 cm³/mol. The van der Waals surface area contributed by atoms with E-state index in [1.165, 1.54) is 0 Å². The van der Waals surface area contributed by atoms with E-state index in [0.29, 0.717) is 69.5 Å². The van der Waals surface area contributed by atoms with Crippen molar-refractivity contribution >= 4 is 11.8 Å². The SMILES string of the molecule is CCOc1cc2c(cc1OCC)[C@H]1[C@H](C(=O)N3CCOCC3)c3ccccc3C(=O)N1CC2. The molecule has 0 aromatic heterocycles. The second-order valence-corrected chi connectivity index (χ2v) is 8.56. The maximum absolute atomic E-state index is 13.9. The van der Waals surface area contributed by atoms with Gasteiger partial charge in [0.25, 0.3) is 5.91 Å². The number of carbonyl (C=O) groups is 2. The normalized spacial score (nSPS) is 21.7. The lowest BCUT2D eigenvalue weighted by atomic mass is 9.75. The minimum Gasteiger partial charge on any atom is -0.490 e. The number of hydrogen-bond donors (Lipinski definition) is 0. The van der Waals surface area contributed by atoms with Gasteiger partial charge in [0.1, 0.15) is 0 Å². The first kappa shape index (κ1) is 21.8. The minimum atomic E-state index is -0.469. The Morgan fingerprint density at radius 1 is 1.00 bits per heavy atom. The summed E-state index contributed by atoms with van der Waals surface area (Å²) < 4.78 is 17.2. The van der Waals surface area contributed by atoms with Crippen molar-refractivity contribution < 1.29 is 23.8 Å². The van der Waals surface area contributed by atoms with Gasteiger partial charge in [-0.3, -0.25) is 9.59 Å². The largest absolute Gasteiger partial charge is 0.490 e. The number of ether oxygens (including phenoxy) is 3. The molecule has 2 atom stereocenters. The molecule has 3 heterocycles. The van der Waals surface area contributed by atoms with Gasteiger partial charge in [-0.25, -0.2) is 0 Å². The second kappa shape index (κ2) is 9.06. The van der Waals surface area contributed by atoms with Gasteiger partial charge < -0.3 is 24.0 Å². The third-order valence-corrected chi connectivity index (χ3v) is 6.77. The van der Waals surface area contributed by atoms with Crippen LogP contribution in [0.25, 0.3) is 0 Å². The number of carbonyl (C=O) groups excluding carboxylic acids is 2. The molecule has 3 aliphatic heterocycles. The van der Waals surface area contributed by atoms with Crippen molar-refractivity contribution in [2.24, 2.45) is 0 Å². The summed E-state index contributed by atoms with van der Waals surface area (Å²) in [7, 11) is 0. The van der Waals surface area contributed by atoms with E-state index in [-0.39, 0.29) is 17.9 Å². The molecular weight excluding hydrogens is 420 g/mol. The van der Waals surface area contributed by atoms with Crippen molar-refractivity contribution in [1.29, 1.82) is 0 Å². The van der Waals surface area contributed by atoms with E-state index in [4.69, 9.17) is 14.2 Å². The number of morpholine rings is 1. The molecule has 3 aliphatic rings. The van der Waals surface area contributed by atoms with E-state index in [1.54, 1.807) is 0 Å². The van der Waals surface area contributed by atoms with E-state index in [9.17, 15) is 9.59 Å². The molecule has 0 aliphatic carbocycles. The molecule has 0 bridgehead atoms. The van der Waals surface area contributed by atoms with Crippen molar-refractivity contribution in [2.75, 3.05) is 46.1 Å². The van der Waals surface area contributed by atoms with Crippen LogP contribution in [0.3, 0.4) is 0 Å². The Morgan fingerprint density at radius 3 is 2.42 bits per heavy atom. The molecule has 0 saturated carbocycles. The van der Waals surface area contributed by atoms with Gasteiger partial charge in [-0.2, -0.15) is 0 Å². The Balaban J connectivity index is 1.65. The molecule has 0 radical (unpaired) electrons. The van der Waals surface area contributed by atoms with E-state index in [2.05, 4.69) is 0 Å². The molecule has 7 heteroatoms. The highest BCUT2D eigenvalue weighted by Crippen LogP contribution is 2.49. The Labute approximate surface area is 194 Å². The molecule has 0 N–H and O–H groups in total. The summed E-state index contributed by atoms with van der Waals surface area (Å²) in [4.78, 5) is 31.2. The standard InChI is InChI=1S/C26H30N2O5/c1-3-32-21-15-17-9-10-28-24(20(17)16-22(21)33-4-2)23(26(30)27-11-13-31-14-12-27)18-7-5-6-8-19(18)25(28)29/h5-8,15-16,23-24H,3-4,9-14H2,1-2H3/t23-,24+/m1/s1. The minimum absolute atomic E-state index is 0.0147. The predicted octanol–water partition coefficient (Wildman–Crippen LogP) is 3.18. The van der Waals surface area contributed by atoms with Crippen molar-refractivity contribution in [3.8, 4) is 11.5 Å². The molecule has 33 heavy (non-hydrogen) atoms. The van der Waals surface area contributed by atoms with E-state index in [0.717, 1.165) is 16.7 Å². The van der Waals surface area contributed by atoms with Crippen LogP contribution in [0.4, 0.5) is 0 Å². The number of amides is 2. The van der Waals surface area contributed by atoms with Crippen LogP contribution in [-0.2, 0) is 16.0 Å². The van der Waals surface area contributed by atoms with Gasteiger partial charge in [0, 0.05) is 25.2 Å². The number of hydrogen-bond acceptors (Lipinski definition) is 5. The molecule has 7 nitrogen and oxygen atoms in total. The molecule has 1 fully saturated rings. The van der Waals surface area contributed by atoms with Crippen LogP contribution in [0.15, 0.2) is 36.4 Å². The van der Waals surface area contributed by atoms with Crippen molar-refractivity contribution in [1.82, 2.24) is 9.80 Å². The fraction of sp³-hybridized carbons (Fsp3) is 0.462. The van der Waals surface area contributed by atoms with Crippen LogP contribution >= 0.6 is 0 Å². The molecule has 0 spiro atoms. The van der Waals surface area contributed by atoms with Crippen LogP contribution in [0.2, 0.25) is 0 Å². The maximum atomic E-state index is 13.9. The number of benzene rings is 2. The highest BCUT2D eigenvalue weighted by atomic mass is 16.5.